The maximum absolute atomic E-state index is 4.62. The lowest BCUT2D eigenvalue weighted by molar-refractivity contribution is 0.810. The van der Waals surface area contributed by atoms with Gasteiger partial charge in [-0.1, -0.05) is 25.1 Å². The monoisotopic (exact) mass is 246 g/mol. The van der Waals surface area contributed by atoms with E-state index >= 15 is 0 Å². The summed E-state index contributed by atoms with van der Waals surface area (Å²) < 4.78 is 0. The Morgan fingerprint density at radius 2 is 1.94 bits per heavy atom. The van der Waals surface area contributed by atoms with Crippen LogP contribution in [0.5, 0.6) is 0 Å². The minimum absolute atomic E-state index is 0.900. The number of para-hydroxylation sites is 1. The molecule has 3 heteroatoms. The van der Waals surface area contributed by atoms with E-state index in [1.54, 1.807) is 11.3 Å². The normalized spacial score (nSPS) is 10.5. The number of aryl methyl sites for hydroxylation is 1. The van der Waals surface area contributed by atoms with Gasteiger partial charge < -0.3 is 4.90 Å². The number of aromatic nitrogens is 1. The highest BCUT2D eigenvalue weighted by Crippen LogP contribution is 2.18. The van der Waals surface area contributed by atoms with Crippen molar-refractivity contribution >= 4 is 17.0 Å². The van der Waals surface area contributed by atoms with Crippen molar-refractivity contribution in [2.24, 2.45) is 0 Å². The lowest BCUT2D eigenvalue weighted by Crippen LogP contribution is -2.22. The number of nitrogens with zero attached hydrogens (tertiary/aromatic N) is 2. The molecule has 0 atom stereocenters. The van der Waals surface area contributed by atoms with Crippen LogP contribution in [0.4, 0.5) is 5.69 Å². The van der Waals surface area contributed by atoms with Crippen LogP contribution in [0.3, 0.4) is 0 Å². The van der Waals surface area contributed by atoms with Crippen LogP contribution in [-0.2, 0) is 13.0 Å². The van der Waals surface area contributed by atoms with Gasteiger partial charge in [-0.3, -0.25) is 0 Å². The second-order valence-electron chi connectivity index (χ2n) is 3.94. The maximum atomic E-state index is 4.62. The molecule has 0 saturated heterocycles. The van der Waals surface area contributed by atoms with Gasteiger partial charge in [-0.2, -0.15) is 0 Å². The Morgan fingerprint density at radius 1 is 1.18 bits per heavy atom. The fraction of sp³-hybridized carbons (Fsp3) is 0.357. The van der Waals surface area contributed by atoms with Gasteiger partial charge in [0.15, 0.2) is 0 Å². The highest BCUT2D eigenvalue weighted by atomic mass is 32.1. The van der Waals surface area contributed by atoms with E-state index in [2.05, 4.69) is 59.4 Å². The molecule has 0 saturated carbocycles. The van der Waals surface area contributed by atoms with Gasteiger partial charge in [0.2, 0.25) is 0 Å². The molecule has 0 amide bonds. The number of anilines is 1. The van der Waals surface area contributed by atoms with Crippen LogP contribution in [0.15, 0.2) is 35.7 Å². The van der Waals surface area contributed by atoms with Crippen LogP contribution in [-0.4, -0.2) is 11.5 Å². The van der Waals surface area contributed by atoms with Crippen molar-refractivity contribution in [3.63, 3.8) is 0 Å². The Morgan fingerprint density at radius 3 is 2.53 bits per heavy atom. The predicted octanol–water partition coefficient (Wildman–Crippen LogP) is 3.73. The molecule has 2 nitrogen and oxygen atoms in total. The zero-order chi connectivity index (χ0) is 12.1. The molecular weight excluding hydrogens is 228 g/mol. The third-order valence-corrected chi connectivity index (χ3v) is 3.80. The zero-order valence-electron chi connectivity index (χ0n) is 10.4. The van der Waals surface area contributed by atoms with E-state index in [0.717, 1.165) is 19.5 Å². The molecule has 1 heterocycles. The molecule has 0 aliphatic rings. The highest BCUT2D eigenvalue weighted by Gasteiger charge is 2.07. The van der Waals surface area contributed by atoms with Crippen LogP contribution in [0.25, 0.3) is 0 Å². The molecule has 90 valence electrons. The summed E-state index contributed by atoms with van der Waals surface area (Å²) in [5, 5.41) is 3.40. The summed E-state index contributed by atoms with van der Waals surface area (Å²) in [5.41, 5.74) is 2.44. The lowest BCUT2D eigenvalue weighted by Gasteiger charge is -2.21. The van der Waals surface area contributed by atoms with E-state index in [1.165, 1.54) is 16.4 Å². The number of rotatable bonds is 5. The largest absolute Gasteiger partial charge is 0.366 e. The SMILES string of the molecule is CCc1nc(CN(CC)c2ccccc2)cs1. The fourth-order valence-corrected chi connectivity index (χ4v) is 2.54. The Bertz CT molecular complexity index is 450. The molecule has 1 aromatic heterocycles. The average Bonchev–Trinajstić information content (AvgIpc) is 2.84. The minimum atomic E-state index is 0.900. The summed E-state index contributed by atoms with van der Waals surface area (Å²) >= 11 is 1.76. The van der Waals surface area contributed by atoms with E-state index in [-0.39, 0.29) is 0 Å². The number of benzene rings is 1. The summed E-state index contributed by atoms with van der Waals surface area (Å²) in [6, 6.07) is 10.5. The van der Waals surface area contributed by atoms with Gasteiger partial charge in [-0.15, -0.1) is 11.3 Å². The third kappa shape index (κ3) is 3.07. The summed E-state index contributed by atoms with van der Waals surface area (Å²) in [4.78, 5) is 6.96. The zero-order valence-corrected chi connectivity index (χ0v) is 11.2. The fourth-order valence-electron chi connectivity index (χ4n) is 1.80. The Hall–Kier alpha value is -1.35. The molecule has 0 aliphatic heterocycles. The Kier molecular flexibility index (Phi) is 4.15. The number of thiazole rings is 1. The Balaban J connectivity index is 2.10. The van der Waals surface area contributed by atoms with Crippen molar-refractivity contribution in [1.82, 2.24) is 4.98 Å². The van der Waals surface area contributed by atoms with Gasteiger partial charge in [-0.05, 0) is 25.5 Å². The standard InChI is InChI=1S/C14H18N2S/c1-3-14-15-12(11-17-14)10-16(4-2)13-8-6-5-7-9-13/h5-9,11H,3-4,10H2,1-2H3. The van der Waals surface area contributed by atoms with Crippen molar-refractivity contribution in [3.8, 4) is 0 Å². The van der Waals surface area contributed by atoms with Crippen LogP contribution in [0, 0.1) is 0 Å². The summed E-state index contributed by atoms with van der Waals surface area (Å²) in [5.74, 6) is 0. The van der Waals surface area contributed by atoms with E-state index in [0.29, 0.717) is 0 Å². The summed E-state index contributed by atoms with van der Waals surface area (Å²) in [6.45, 7) is 6.23. The molecule has 0 spiro atoms. The van der Waals surface area contributed by atoms with Crippen LogP contribution >= 0.6 is 11.3 Å². The molecule has 0 unspecified atom stereocenters. The summed E-state index contributed by atoms with van der Waals surface area (Å²) in [6.07, 6.45) is 1.03. The topological polar surface area (TPSA) is 16.1 Å². The third-order valence-electron chi connectivity index (χ3n) is 2.76. The first-order chi connectivity index (χ1) is 8.33. The van der Waals surface area contributed by atoms with E-state index in [9.17, 15) is 0 Å². The molecule has 2 rings (SSSR count). The van der Waals surface area contributed by atoms with Crippen LogP contribution < -0.4 is 4.90 Å². The second-order valence-corrected chi connectivity index (χ2v) is 4.88. The molecule has 0 radical (unpaired) electrons. The molecular formula is C14H18N2S. The Labute approximate surface area is 107 Å². The first-order valence-electron chi connectivity index (χ1n) is 6.06. The van der Waals surface area contributed by atoms with Gasteiger partial charge >= 0.3 is 0 Å². The van der Waals surface area contributed by atoms with Gasteiger partial charge in [0.25, 0.3) is 0 Å². The maximum Gasteiger partial charge on any atom is 0.0926 e. The van der Waals surface area contributed by atoms with Crippen LogP contribution in [0.2, 0.25) is 0 Å². The molecule has 0 fully saturated rings. The van der Waals surface area contributed by atoms with Gasteiger partial charge in [0.05, 0.1) is 17.2 Å². The van der Waals surface area contributed by atoms with Gasteiger partial charge in [0, 0.05) is 17.6 Å². The average molecular weight is 246 g/mol. The van der Waals surface area contributed by atoms with E-state index in [4.69, 9.17) is 0 Å². The van der Waals surface area contributed by atoms with Crippen molar-refractivity contribution in [2.75, 3.05) is 11.4 Å². The van der Waals surface area contributed by atoms with Crippen molar-refractivity contribution in [1.29, 1.82) is 0 Å². The summed E-state index contributed by atoms with van der Waals surface area (Å²) in [7, 11) is 0. The molecule has 0 N–H and O–H groups in total. The predicted molar refractivity (Wildman–Crippen MR) is 74.7 cm³/mol. The molecule has 0 aliphatic carbocycles. The molecule has 1 aromatic carbocycles. The number of hydrogen-bond donors (Lipinski definition) is 0. The van der Waals surface area contributed by atoms with Crippen molar-refractivity contribution < 1.29 is 0 Å². The molecule has 2 aromatic rings. The molecule has 0 bridgehead atoms. The van der Waals surface area contributed by atoms with Gasteiger partial charge in [-0.25, -0.2) is 4.98 Å². The van der Waals surface area contributed by atoms with Crippen molar-refractivity contribution in [3.05, 3.63) is 46.4 Å². The first kappa shape index (κ1) is 12.1. The van der Waals surface area contributed by atoms with E-state index in [1.807, 2.05) is 0 Å². The smallest absolute Gasteiger partial charge is 0.0926 e. The minimum Gasteiger partial charge on any atom is -0.366 e. The van der Waals surface area contributed by atoms with Crippen LogP contribution in [0.1, 0.15) is 24.5 Å². The lowest BCUT2D eigenvalue weighted by atomic mass is 10.2. The highest BCUT2D eigenvalue weighted by molar-refractivity contribution is 7.09. The quantitative estimate of drug-likeness (QED) is 0.799. The second kappa shape index (κ2) is 5.82. The van der Waals surface area contributed by atoms with Gasteiger partial charge in [0.1, 0.15) is 0 Å². The first-order valence-corrected chi connectivity index (χ1v) is 6.94. The molecule has 17 heavy (non-hydrogen) atoms. The van der Waals surface area contributed by atoms with E-state index < -0.39 is 0 Å². The number of hydrogen-bond acceptors (Lipinski definition) is 3. The van der Waals surface area contributed by atoms with Crippen molar-refractivity contribution in [2.45, 2.75) is 26.8 Å².